The van der Waals surface area contributed by atoms with Crippen molar-refractivity contribution in [2.75, 3.05) is 38.0 Å². The van der Waals surface area contributed by atoms with Gasteiger partial charge in [0.2, 0.25) is 5.91 Å². The Bertz CT molecular complexity index is 1120. The first-order valence-electron chi connectivity index (χ1n) is 10.4. The zero-order valence-corrected chi connectivity index (χ0v) is 18.5. The zero-order valence-electron chi connectivity index (χ0n) is 16.9. The normalized spacial score (nSPS) is 17.1. The Labute approximate surface area is 187 Å². The van der Waals surface area contributed by atoms with Gasteiger partial charge in [0.05, 0.1) is 23.2 Å². The maximum atomic E-state index is 13.0. The van der Waals surface area contributed by atoms with Crippen LogP contribution in [-0.4, -0.2) is 64.5 Å². The van der Waals surface area contributed by atoms with Crippen molar-refractivity contribution in [2.45, 2.75) is 18.8 Å². The summed E-state index contributed by atoms with van der Waals surface area (Å²) in [6, 6.07) is 9.34. The van der Waals surface area contributed by atoms with Crippen molar-refractivity contribution in [1.82, 2.24) is 19.9 Å². The highest BCUT2D eigenvalue weighted by Crippen LogP contribution is 2.42. The topological polar surface area (TPSA) is 91.6 Å². The predicted octanol–water partition coefficient (Wildman–Crippen LogP) is 3.26. The van der Waals surface area contributed by atoms with E-state index in [-0.39, 0.29) is 11.8 Å². The summed E-state index contributed by atoms with van der Waals surface area (Å²) in [6.07, 6.45) is 3.78. The summed E-state index contributed by atoms with van der Waals surface area (Å²) in [4.78, 5) is 33.5. The van der Waals surface area contributed by atoms with Crippen molar-refractivity contribution in [3.63, 3.8) is 0 Å². The van der Waals surface area contributed by atoms with Gasteiger partial charge in [-0.05, 0) is 43.2 Å². The fourth-order valence-electron chi connectivity index (χ4n) is 3.85. The van der Waals surface area contributed by atoms with Crippen LogP contribution in [0.5, 0.6) is 0 Å². The highest BCUT2D eigenvalue weighted by atomic mass is 79.9. The van der Waals surface area contributed by atoms with Crippen molar-refractivity contribution in [3.05, 3.63) is 52.3 Å². The van der Waals surface area contributed by atoms with Crippen LogP contribution in [0.2, 0.25) is 0 Å². The molecule has 3 heterocycles. The van der Waals surface area contributed by atoms with E-state index in [1.54, 1.807) is 6.20 Å². The molecule has 2 aliphatic rings. The standard InChI is InChI=1S/C22H22BrN5O3/c23-16-3-5-17(6-4-16)25-19(29)13-27-7-9-28(10-8-27)22(30)15-11-18-20(14-1-2-14)26-31-21(18)24-12-15/h3-6,11-12,14H,1-2,7-10,13H2,(H,25,29). The van der Waals surface area contributed by atoms with Gasteiger partial charge in [0, 0.05) is 48.5 Å². The van der Waals surface area contributed by atoms with Crippen LogP contribution in [0.3, 0.4) is 0 Å². The van der Waals surface area contributed by atoms with Crippen LogP contribution < -0.4 is 5.32 Å². The smallest absolute Gasteiger partial charge is 0.257 e. The van der Waals surface area contributed by atoms with Crippen LogP contribution in [0.4, 0.5) is 5.69 Å². The minimum absolute atomic E-state index is 0.0451. The van der Waals surface area contributed by atoms with E-state index in [9.17, 15) is 9.59 Å². The summed E-state index contributed by atoms with van der Waals surface area (Å²) in [5, 5.41) is 7.88. The molecular weight excluding hydrogens is 462 g/mol. The van der Waals surface area contributed by atoms with Gasteiger partial charge in [-0.2, -0.15) is 0 Å². The molecule has 1 aliphatic heterocycles. The third-order valence-corrected chi connectivity index (χ3v) is 6.25. The lowest BCUT2D eigenvalue weighted by molar-refractivity contribution is -0.117. The van der Waals surface area contributed by atoms with E-state index in [2.05, 4.69) is 36.3 Å². The summed E-state index contributed by atoms with van der Waals surface area (Å²) >= 11 is 3.38. The van der Waals surface area contributed by atoms with E-state index in [1.807, 2.05) is 35.2 Å². The lowest BCUT2D eigenvalue weighted by Crippen LogP contribution is -2.50. The SMILES string of the molecule is O=C(CN1CCN(C(=O)c2cnc3onc(C4CC4)c3c2)CC1)Nc1ccc(Br)cc1. The van der Waals surface area contributed by atoms with Crippen LogP contribution in [0, 0.1) is 0 Å². The number of nitrogens with one attached hydrogen (secondary N) is 1. The Morgan fingerprint density at radius 2 is 1.87 bits per heavy atom. The molecule has 0 bridgehead atoms. The first kappa shape index (κ1) is 20.1. The summed E-state index contributed by atoms with van der Waals surface area (Å²) in [7, 11) is 0. The van der Waals surface area contributed by atoms with Gasteiger partial charge in [-0.15, -0.1) is 0 Å². The third kappa shape index (κ3) is 4.47. The van der Waals surface area contributed by atoms with Gasteiger partial charge in [0.15, 0.2) is 0 Å². The molecule has 1 aromatic carbocycles. The molecular formula is C22H22BrN5O3. The number of carbonyl (C=O) groups excluding carboxylic acids is 2. The Balaban J connectivity index is 1.17. The van der Waals surface area contributed by atoms with Gasteiger partial charge < -0.3 is 14.7 Å². The molecule has 8 nitrogen and oxygen atoms in total. The second-order valence-corrected chi connectivity index (χ2v) is 8.96. The second kappa shape index (κ2) is 8.39. The number of aromatic nitrogens is 2. The first-order chi connectivity index (χ1) is 15.1. The van der Waals surface area contributed by atoms with E-state index in [0.29, 0.717) is 49.9 Å². The molecule has 31 heavy (non-hydrogen) atoms. The summed E-state index contributed by atoms with van der Waals surface area (Å²) in [6.45, 7) is 2.74. The molecule has 2 fully saturated rings. The van der Waals surface area contributed by atoms with Crippen LogP contribution in [0.15, 0.2) is 45.5 Å². The Morgan fingerprint density at radius 3 is 2.58 bits per heavy atom. The fourth-order valence-corrected chi connectivity index (χ4v) is 4.11. The number of fused-ring (bicyclic) bond motifs is 1. The number of pyridine rings is 1. The summed E-state index contributed by atoms with van der Waals surface area (Å²) in [5.74, 6) is 0.327. The lowest BCUT2D eigenvalue weighted by atomic mass is 10.1. The Kier molecular flexibility index (Phi) is 5.45. The number of piperazine rings is 1. The van der Waals surface area contributed by atoms with Crippen LogP contribution in [0.1, 0.15) is 34.8 Å². The van der Waals surface area contributed by atoms with Crippen molar-refractivity contribution in [3.8, 4) is 0 Å². The van der Waals surface area contributed by atoms with Crippen LogP contribution in [-0.2, 0) is 4.79 Å². The molecule has 2 amide bonds. The molecule has 3 aromatic rings. The van der Waals surface area contributed by atoms with E-state index in [1.165, 1.54) is 0 Å². The van der Waals surface area contributed by atoms with Crippen LogP contribution in [0.25, 0.3) is 11.1 Å². The van der Waals surface area contributed by atoms with Gasteiger partial charge in [0.1, 0.15) is 0 Å². The first-order valence-corrected chi connectivity index (χ1v) is 11.2. The molecule has 1 saturated carbocycles. The number of benzene rings is 1. The number of nitrogens with zero attached hydrogens (tertiary/aromatic N) is 4. The number of carbonyl (C=O) groups is 2. The average Bonchev–Trinajstić information content (AvgIpc) is 3.54. The quantitative estimate of drug-likeness (QED) is 0.598. The molecule has 0 radical (unpaired) electrons. The van der Waals surface area contributed by atoms with Gasteiger partial charge in [-0.1, -0.05) is 21.1 Å². The molecule has 1 aliphatic carbocycles. The molecule has 1 N–H and O–H groups in total. The molecule has 0 unspecified atom stereocenters. The minimum atomic E-state index is -0.0585. The number of hydrogen-bond acceptors (Lipinski definition) is 6. The molecule has 9 heteroatoms. The van der Waals surface area contributed by atoms with Crippen molar-refractivity contribution >= 4 is 44.5 Å². The van der Waals surface area contributed by atoms with Crippen molar-refractivity contribution in [1.29, 1.82) is 0 Å². The van der Waals surface area contributed by atoms with Crippen LogP contribution >= 0.6 is 15.9 Å². The Hall–Kier alpha value is -2.78. The maximum absolute atomic E-state index is 13.0. The lowest BCUT2D eigenvalue weighted by Gasteiger charge is -2.34. The third-order valence-electron chi connectivity index (χ3n) is 5.72. The largest absolute Gasteiger partial charge is 0.336 e. The number of halogens is 1. The van der Waals surface area contributed by atoms with Crippen molar-refractivity contribution < 1.29 is 14.1 Å². The Morgan fingerprint density at radius 1 is 1.13 bits per heavy atom. The maximum Gasteiger partial charge on any atom is 0.257 e. The van der Waals surface area contributed by atoms with Gasteiger partial charge in [-0.3, -0.25) is 14.5 Å². The van der Waals surface area contributed by atoms with E-state index in [0.717, 1.165) is 34.1 Å². The average molecular weight is 484 g/mol. The highest BCUT2D eigenvalue weighted by Gasteiger charge is 2.30. The fraction of sp³-hybridized carbons (Fsp3) is 0.364. The number of amides is 2. The summed E-state index contributed by atoms with van der Waals surface area (Å²) < 4.78 is 6.26. The van der Waals surface area contributed by atoms with E-state index < -0.39 is 0 Å². The minimum Gasteiger partial charge on any atom is -0.336 e. The molecule has 0 spiro atoms. The number of hydrogen-bond donors (Lipinski definition) is 1. The predicted molar refractivity (Wildman–Crippen MR) is 119 cm³/mol. The number of rotatable bonds is 5. The zero-order chi connectivity index (χ0) is 21.4. The molecule has 0 atom stereocenters. The second-order valence-electron chi connectivity index (χ2n) is 8.04. The summed E-state index contributed by atoms with van der Waals surface area (Å²) in [5.41, 5.74) is 2.72. The van der Waals surface area contributed by atoms with Gasteiger partial charge in [-0.25, -0.2) is 4.98 Å². The molecule has 5 rings (SSSR count). The monoisotopic (exact) mass is 483 g/mol. The molecule has 2 aromatic heterocycles. The van der Waals surface area contributed by atoms with E-state index >= 15 is 0 Å². The number of anilines is 1. The van der Waals surface area contributed by atoms with E-state index in [4.69, 9.17) is 4.52 Å². The van der Waals surface area contributed by atoms with Gasteiger partial charge in [0.25, 0.3) is 11.6 Å². The van der Waals surface area contributed by atoms with Gasteiger partial charge >= 0.3 is 0 Å². The highest BCUT2D eigenvalue weighted by molar-refractivity contribution is 9.10. The molecule has 160 valence electrons. The molecule has 1 saturated heterocycles. The van der Waals surface area contributed by atoms with Crippen molar-refractivity contribution in [2.24, 2.45) is 0 Å².